The van der Waals surface area contributed by atoms with E-state index in [0.29, 0.717) is 18.1 Å². The van der Waals surface area contributed by atoms with Crippen LogP contribution in [0.2, 0.25) is 0 Å². The number of fused-ring (bicyclic) bond motifs is 1. The molecule has 21 heavy (non-hydrogen) atoms. The zero-order chi connectivity index (χ0) is 14.4. The van der Waals surface area contributed by atoms with Crippen molar-refractivity contribution < 1.29 is 0 Å². The van der Waals surface area contributed by atoms with Crippen molar-refractivity contribution in [2.24, 2.45) is 0 Å². The summed E-state index contributed by atoms with van der Waals surface area (Å²) in [5.74, 6) is 1.26. The molecular weight excluding hydrogens is 260 g/mol. The van der Waals surface area contributed by atoms with Gasteiger partial charge in [-0.25, -0.2) is 9.97 Å². The van der Waals surface area contributed by atoms with Gasteiger partial charge in [0, 0.05) is 18.3 Å². The van der Waals surface area contributed by atoms with Crippen LogP contribution >= 0.6 is 0 Å². The maximum Gasteiger partial charge on any atom is 0.160 e. The van der Waals surface area contributed by atoms with E-state index in [2.05, 4.69) is 34.4 Å². The Labute approximate surface area is 126 Å². The highest BCUT2D eigenvalue weighted by Crippen LogP contribution is 2.40. The Morgan fingerprint density at radius 2 is 2.05 bits per heavy atom. The lowest BCUT2D eigenvalue weighted by Crippen LogP contribution is -2.33. The molecule has 3 heterocycles. The molecule has 0 amide bonds. The number of aromatic nitrogens is 3. The van der Waals surface area contributed by atoms with Crippen molar-refractivity contribution in [3.05, 3.63) is 24.2 Å². The normalized spacial score (nSPS) is 24.0. The molecule has 1 saturated heterocycles. The van der Waals surface area contributed by atoms with Crippen LogP contribution < -0.4 is 0 Å². The minimum absolute atomic E-state index is 0.472. The van der Waals surface area contributed by atoms with Crippen molar-refractivity contribution in [1.29, 1.82) is 0 Å². The quantitative estimate of drug-likeness (QED) is 0.861. The van der Waals surface area contributed by atoms with Crippen molar-refractivity contribution >= 4 is 11.2 Å². The summed E-state index contributed by atoms with van der Waals surface area (Å²) in [4.78, 5) is 12.2. The SMILES string of the molecule is CC(C)N1CCCC1c1nc2cccnc2n1C1CCC1. The lowest BCUT2D eigenvalue weighted by Gasteiger charge is -2.33. The zero-order valence-electron chi connectivity index (χ0n) is 13.0. The van der Waals surface area contributed by atoms with Gasteiger partial charge in [0.2, 0.25) is 0 Å². The minimum Gasteiger partial charge on any atom is -0.308 e. The molecule has 2 aliphatic rings. The predicted octanol–water partition coefficient (Wildman–Crippen LogP) is 3.70. The predicted molar refractivity (Wildman–Crippen MR) is 84.2 cm³/mol. The molecule has 4 heteroatoms. The summed E-state index contributed by atoms with van der Waals surface area (Å²) in [7, 11) is 0. The second kappa shape index (κ2) is 5.09. The summed E-state index contributed by atoms with van der Waals surface area (Å²) in [6.07, 6.45) is 8.32. The smallest absolute Gasteiger partial charge is 0.160 e. The van der Waals surface area contributed by atoms with Crippen molar-refractivity contribution in [2.45, 2.75) is 64.1 Å². The topological polar surface area (TPSA) is 34.0 Å². The molecule has 2 fully saturated rings. The Kier molecular flexibility index (Phi) is 3.21. The Balaban J connectivity index is 1.83. The standard InChI is InChI=1S/C17H24N4/c1-12(2)20-11-5-9-15(20)17-19-14-8-4-10-18-16(14)21(17)13-6-3-7-13/h4,8,10,12-13,15H,3,5-7,9,11H2,1-2H3. The van der Waals surface area contributed by atoms with E-state index < -0.39 is 0 Å². The fourth-order valence-electron chi connectivity index (χ4n) is 3.87. The van der Waals surface area contributed by atoms with Gasteiger partial charge in [-0.1, -0.05) is 0 Å². The lowest BCUT2D eigenvalue weighted by atomic mass is 9.92. The fourth-order valence-corrected chi connectivity index (χ4v) is 3.87. The van der Waals surface area contributed by atoms with E-state index in [-0.39, 0.29) is 0 Å². The van der Waals surface area contributed by atoms with Gasteiger partial charge in [-0.3, -0.25) is 4.90 Å². The Hall–Kier alpha value is -1.42. The van der Waals surface area contributed by atoms with Crippen molar-refractivity contribution in [2.75, 3.05) is 6.54 Å². The maximum atomic E-state index is 4.99. The van der Waals surface area contributed by atoms with E-state index in [0.717, 1.165) is 11.2 Å². The maximum absolute atomic E-state index is 4.99. The Bertz CT molecular complexity index is 641. The van der Waals surface area contributed by atoms with E-state index >= 15 is 0 Å². The number of nitrogens with zero attached hydrogens (tertiary/aromatic N) is 4. The number of imidazole rings is 1. The van der Waals surface area contributed by atoms with Gasteiger partial charge in [0.25, 0.3) is 0 Å². The Morgan fingerprint density at radius 1 is 1.19 bits per heavy atom. The molecule has 0 N–H and O–H groups in total. The second-order valence-electron chi connectivity index (χ2n) is 6.76. The first kappa shape index (κ1) is 13.3. The van der Waals surface area contributed by atoms with Gasteiger partial charge in [-0.05, 0) is 64.6 Å². The van der Waals surface area contributed by atoms with E-state index in [4.69, 9.17) is 4.98 Å². The molecule has 1 saturated carbocycles. The lowest BCUT2D eigenvalue weighted by molar-refractivity contribution is 0.187. The van der Waals surface area contributed by atoms with Crippen LogP contribution in [0.3, 0.4) is 0 Å². The van der Waals surface area contributed by atoms with Gasteiger partial charge in [0.05, 0.1) is 6.04 Å². The first-order valence-electron chi connectivity index (χ1n) is 8.34. The van der Waals surface area contributed by atoms with E-state index in [1.807, 2.05) is 12.3 Å². The van der Waals surface area contributed by atoms with E-state index in [1.54, 1.807) is 0 Å². The molecule has 2 aromatic heterocycles. The van der Waals surface area contributed by atoms with Crippen LogP contribution in [0, 0.1) is 0 Å². The third-order valence-electron chi connectivity index (χ3n) is 5.17. The second-order valence-corrected chi connectivity index (χ2v) is 6.76. The minimum atomic E-state index is 0.472. The molecule has 0 spiro atoms. The van der Waals surface area contributed by atoms with Crippen LogP contribution in [-0.4, -0.2) is 32.0 Å². The number of hydrogen-bond acceptors (Lipinski definition) is 3. The van der Waals surface area contributed by atoms with Gasteiger partial charge in [0.15, 0.2) is 5.65 Å². The highest BCUT2D eigenvalue weighted by Gasteiger charge is 2.35. The van der Waals surface area contributed by atoms with Crippen molar-refractivity contribution in [3.8, 4) is 0 Å². The van der Waals surface area contributed by atoms with Crippen LogP contribution in [0.1, 0.15) is 63.9 Å². The number of rotatable bonds is 3. The molecule has 1 aliphatic heterocycles. The summed E-state index contributed by atoms with van der Waals surface area (Å²) < 4.78 is 2.46. The van der Waals surface area contributed by atoms with Gasteiger partial charge < -0.3 is 4.57 Å². The molecule has 1 atom stereocenters. The molecule has 1 aliphatic carbocycles. The molecule has 112 valence electrons. The highest BCUT2D eigenvalue weighted by atomic mass is 15.3. The third-order valence-corrected chi connectivity index (χ3v) is 5.17. The first-order chi connectivity index (χ1) is 10.3. The van der Waals surface area contributed by atoms with Crippen molar-refractivity contribution in [3.63, 3.8) is 0 Å². The summed E-state index contributed by atoms with van der Waals surface area (Å²) in [6, 6.07) is 5.78. The van der Waals surface area contributed by atoms with Crippen LogP contribution in [0.4, 0.5) is 0 Å². The fraction of sp³-hybridized carbons (Fsp3) is 0.647. The van der Waals surface area contributed by atoms with Crippen LogP contribution in [0.25, 0.3) is 11.2 Å². The molecule has 0 radical (unpaired) electrons. The average molecular weight is 284 g/mol. The summed E-state index contributed by atoms with van der Waals surface area (Å²) >= 11 is 0. The molecule has 0 bridgehead atoms. The van der Waals surface area contributed by atoms with Gasteiger partial charge in [0.1, 0.15) is 11.3 Å². The molecule has 1 unspecified atom stereocenters. The monoisotopic (exact) mass is 284 g/mol. The summed E-state index contributed by atoms with van der Waals surface area (Å²) in [5.41, 5.74) is 2.16. The molecule has 2 aromatic rings. The molecule has 4 rings (SSSR count). The van der Waals surface area contributed by atoms with Gasteiger partial charge >= 0.3 is 0 Å². The van der Waals surface area contributed by atoms with Gasteiger partial charge in [-0.2, -0.15) is 0 Å². The van der Waals surface area contributed by atoms with E-state index in [1.165, 1.54) is 44.5 Å². The van der Waals surface area contributed by atoms with Crippen LogP contribution in [0.15, 0.2) is 18.3 Å². The summed E-state index contributed by atoms with van der Waals surface area (Å²) in [6.45, 7) is 5.80. The molecule has 0 aromatic carbocycles. The number of likely N-dealkylation sites (tertiary alicyclic amines) is 1. The number of pyridine rings is 1. The summed E-state index contributed by atoms with van der Waals surface area (Å²) in [5, 5.41) is 0. The van der Waals surface area contributed by atoms with Crippen LogP contribution in [0.5, 0.6) is 0 Å². The Morgan fingerprint density at radius 3 is 2.76 bits per heavy atom. The highest BCUT2D eigenvalue weighted by molar-refractivity contribution is 5.71. The van der Waals surface area contributed by atoms with Gasteiger partial charge in [-0.15, -0.1) is 0 Å². The first-order valence-corrected chi connectivity index (χ1v) is 8.34. The van der Waals surface area contributed by atoms with E-state index in [9.17, 15) is 0 Å². The largest absolute Gasteiger partial charge is 0.308 e. The third kappa shape index (κ3) is 2.08. The molecular formula is C17H24N4. The molecule has 4 nitrogen and oxygen atoms in total. The number of hydrogen-bond donors (Lipinski definition) is 0. The van der Waals surface area contributed by atoms with Crippen molar-refractivity contribution in [1.82, 2.24) is 19.4 Å². The van der Waals surface area contributed by atoms with Crippen LogP contribution in [-0.2, 0) is 0 Å². The zero-order valence-corrected chi connectivity index (χ0v) is 13.0. The average Bonchev–Trinajstić information content (AvgIpc) is 3.01.